The standard InChI is InChI=1S/C16H21NO2/c1-3-16(8-5-9-16)17-11-13-10-12-6-4-7-14(18-2)15(12)19-13/h4,6-7,10,17H,3,5,8-9,11H2,1-2H3. The second-order valence-corrected chi connectivity index (χ2v) is 5.43. The third-order valence-corrected chi connectivity index (χ3v) is 4.40. The Morgan fingerprint density at radius 1 is 1.37 bits per heavy atom. The summed E-state index contributed by atoms with van der Waals surface area (Å²) >= 11 is 0. The highest BCUT2D eigenvalue weighted by Crippen LogP contribution is 2.35. The minimum absolute atomic E-state index is 0.350. The quantitative estimate of drug-likeness (QED) is 0.885. The second-order valence-electron chi connectivity index (χ2n) is 5.43. The number of para-hydroxylation sites is 1. The molecule has 0 bridgehead atoms. The van der Waals surface area contributed by atoms with E-state index in [0.717, 1.165) is 29.0 Å². The van der Waals surface area contributed by atoms with Crippen LogP contribution in [0.1, 0.15) is 38.4 Å². The van der Waals surface area contributed by atoms with Gasteiger partial charge in [0.15, 0.2) is 11.3 Å². The Labute approximate surface area is 113 Å². The van der Waals surface area contributed by atoms with Crippen molar-refractivity contribution in [1.82, 2.24) is 5.32 Å². The molecule has 0 amide bonds. The summed E-state index contributed by atoms with van der Waals surface area (Å²) in [5, 5.41) is 4.77. The molecule has 0 atom stereocenters. The van der Waals surface area contributed by atoms with Crippen molar-refractivity contribution in [2.45, 2.75) is 44.7 Å². The molecule has 1 N–H and O–H groups in total. The van der Waals surface area contributed by atoms with Crippen LogP contribution in [0.4, 0.5) is 0 Å². The predicted molar refractivity (Wildman–Crippen MR) is 76.5 cm³/mol. The normalized spacial score (nSPS) is 17.4. The number of rotatable bonds is 5. The van der Waals surface area contributed by atoms with Crippen molar-refractivity contribution >= 4 is 11.0 Å². The van der Waals surface area contributed by atoms with Gasteiger partial charge in [-0.3, -0.25) is 0 Å². The van der Waals surface area contributed by atoms with E-state index in [1.54, 1.807) is 7.11 Å². The van der Waals surface area contributed by atoms with Crippen molar-refractivity contribution in [1.29, 1.82) is 0 Å². The molecule has 1 aromatic heterocycles. The van der Waals surface area contributed by atoms with Crippen molar-refractivity contribution < 1.29 is 9.15 Å². The number of nitrogens with one attached hydrogen (secondary N) is 1. The Bertz CT molecular complexity index is 564. The molecule has 3 rings (SSSR count). The van der Waals surface area contributed by atoms with E-state index < -0.39 is 0 Å². The zero-order valence-electron chi connectivity index (χ0n) is 11.7. The highest BCUT2D eigenvalue weighted by Gasteiger charge is 2.34. The van der Waals surface area contributed by atoms with Crippen molar-refractivity contribution in [3.05, 3.63) is 30.0 Å². The molecule has 3 nitrogen and oxygen atoms in total. The highest BCUT2D eigenvalue weighted by atomic mass is 16.5. The number of hydrogen-bond donors (Lipinski definition) is 1. The van der Waals surface area contributed by atoms with Gasteiger partial charge in [0.2, 0.25) is 0 Å². The molecule has 0 aliphatic heterocycles. The Balaban J connectivity index is 1.78. The van der Waals surface area contributed by atoms with Crippen LogP contribution in [0.2, 0.25) is 0 Å². The fourth-order valence-corrected chi connectivity index (χ4v) is 2.87. The Morgan fingerprint density at radius 3 is 2.84 bits per heavy atom. The van der Waals surface area contributed by atoms with Gasteiger partial charge in [0, 0.05) is 10.9 Å². The average Bonchev–Trinajstić information content (AvgIpc) is 2.80. The molecule has 2 aromatic rings. The van der Waals surface area contributed by atoms with E-state index in [4.69, 9.17) is 9.15 Å². The lowest BCUT2D eigenvalue weighted by Crippen LogP contribution is -2.49. The van der Waals surface area contributed by atoms with Crippen molar-refractivity contribution in [3.8, 4) is 5.75 Å². The third-order valence-electron chi connectivity index (χ3n) is 4.40. The van der Waals surface area contributed by atoms with Gasteiger partial charge in [-0.15, -0.1) is 0 Å². The van der Waals surface area contributed by atoms with Gasteiger partial charge < -0.3 is 14.5 Å². The molecule has 0 spiro atoms. The Hall–Kier alpha value is -1.48. The summed E-state index contributed by atoms with van der Waals surface area (Å²) in [5.74, 6) is 1.79. The molecule has 102 valence electrons. The fourth-order valence-electron chi connectivity index (χ4n) is 2.87. The smallest absolute Gasteiger partial charge is 0.176 e. The van der Waals surface area contributed by atoms with E-state index in [-0.39, 0.29) is 0 Å². The lowest BCUT2D eigenvalue weighted by molar-refractivity contribution is 0.171. The summed E-state index contributed by atoms with van der Waals surface area (Å²) in [6.07, 6.45) is 5.10. The minimum atomic E-state index is 0.350. The van der Waals surface area contributed by atoms with Crippen LogP contribution in [0.25, 0.3) is 11.0 Å². The van der Waals surface area contributed by atoms with Gasteiger partial charge in [0.25, 0.3) is 0 Å². The molecule has 0 saturated heterocycles. The van der Waals surface area contributed by atoms with Gasteiger partial charge in [0.1, 0.15) is 5.76 Å². The highest BCUT2D eigenvalue weighted by molar-refractivity contribution is 5.83. The van der Waals surface area contributed by atoms with Crippen molar-refractivity contribution in [2.75, 3.05) is 7.11 Å². The van der Waals surface area contributed by atoms with Crippen LogP contribution < -0.4 is 10.1 Å². The maximum atomic E-state index is 5.91. The van der Waals surface area contributed by atoms with Crippen LogP contribution in [-0.4, -0.2) is 12.6 Å². The van der Waals surface area contributed by atoms with Crippen LogP contribution in [0.15, 0.2) is 28.7 Å². The SMILES string of the molecule is CCC1(NCc2cc3cccc(OC)c3o2)CCC1. The van der Waals surface area contributed by atoms with E-state index in [0.29, 0.717) is 5.54 Å². The monoisotopic (exact) mass is 259 g/mol. The number of fused-ring (bicyclic) bond motifs is 1. The van der Waals surface area contributed by atoms with Gasteiger partial charge in [-0.2, -0.15) is 0 Å². The van der Waals surface area contributed by atoms with E-state index in [1.165, 1.54) is 25.7 Å². The number of furan rings is 1. The molecule has 1 aromatic carbocycles. The van der Waals surface area contributed by atoms with E-state index >= 15 is 0 Å². The molecule has 1 aliphatic carbocycles. The average molecular weight is 259 g/mol. The number of methoxy groups -OCH3 is 1. The molecule has 1 heterocycles. The molecule has 1 saturated carbocycles. The molecular formula is C16H21NO2. The first-order valence-corrected chi connectivity index (χ1v) is 7.07. The van der Waals surface area contributed by atoms with Gasteiger partial charge in [-0.25, -0.2) is 0 Å². The lowest BCUT2D eigenvalue weighted by atomic mass is 9.75. The van der Waals surface area contributed by atoms with Crippen molar-refractivity contribution in [2.24, 2.45) is 0 Å². The van der Waals surface area contributed by atoms with Crippen molar-refractivity contribution in [3.63, 3.8) is 0 Å². The first kappa shape index (κ1) is 12.5. The van der Waals surface area contributed by atoms with Gasteiger partial charge in [0.05, 0.1) is 13.7 Å². The summed E-state index contributed by atoms with van der Waals surface area (Å²) in [5.41, 5.74) is 1.20. The zero-order chi connectivity index (χ0) is 13.3. The maximum absolute atomic E-state index is 5.91. The number of hydrogen-bond acceptors (Lipinski definition) is 3. The predicted octanol–water partition coefficient (Wildman–Crippen LogP) is 3.86. The lowest BCUT2D eigenvalue weighted by Gasteiger charge is -2.42. The van der Waals surface area contributed by atoms with Gasteiger partial charge in [-0.1, -0.05) is 19.1 Å². The summed E-state index contributed by atoms with van der Waals surface area (Å²) in [6, 6.07) is 8.09. The number of ether oxygens (including phenoxy) is 1. The molecule has 3 heteroatoms. The van der Waals surface area contributed by atoms with Crippen LogP contribution >= 0.6 is 0 Å². The molecule has 1 aliphatic rings. The van der Waals surface area contributed by atoms with Crippen LogP contribution in [0.5, 0.6) is 5.75 Å². The third kappa shape index (κ3) is 2.23. The van der Waals surface area contributed by atoms with E-state index in [2.05, 4.69) is 24.4 Å². The fraction of sp³-hybridized carbons (Fsp3) is 0.500. The summed E-state index contributed by atoms with van der Waals surface area (Å²) in [4.78, 5) is 0. The molecule has 19 heavy (non-hydrogen) atoms. The van der Waals surface area contributed by atoms with E-state index in [1.807, 2.05) is 12.1 Å². The summed E-state index contributed by atoms with van der Waals surface area (Å²) in [7, 11) is 1.68. The first-order valence-electron chi connectivity index (χ1n) is 7.07. The van der Waals surface area contributed by atoms with Crippen LogP contribution in [-0.2, 0) is 6.54 Å². The number of benzene rings is 1. The topological polar surface area (TPSA) is 34.4 Å². The Morgan fingerprint density at radius 2 is 2.21 bits per heavy atom. The van der Waals surface area contributed by atoms with Crippen LogP contribution in [0, 0.1) is 0 Å². The van der Waals surface area contributed by atoms with E-state index in [9.17, 15) is 0 Å². The van der Waals surface area contributed by atoms with Gasteiger partial charge >= 0.3 is 0 Å². The first-order chi connectivity index (χ1) is 9.26. The Kier molecular flexibility index (Phi) is 3.23. The molecule has 1 fully saturated rings. The second kappa shape index (κ2) is 4.89. The molecule has 0 radical (unpaired) electrons. The summed E-state index contributed by atoms with van der Waals surface area (Å²) < 4.78 is 11.2. The largest absolute Gasteiger partial charge is 0.493 e. The minimum Gasteiger partial charge on any atom is -0.493 e. The summed E-state index contributed by atoms with van der Waals surface area (Å²) in [6.45, 7) is 3.06. The molecular weight excluding hydrogens is 238 g/mol. The molecule has 0 unspecified atom stereocenters. The van der Waals surface area contributed by atoms with Gasteiger partial charge in [-0.05, 0) is 37.8 Å². The van der Waals surface area contributed by atoms with Crippen LogP contribution in [0.3, 0.4) is 0 Å². The maximum Gasteiger partial charge on any atom is 0.176 e. The zero-order valence-corrected chi connectivity index (χ0v) is 11.7.